The first-order valence-corrected chi connectivity index (χ1v) is 6.86. The highest BCUT2D eigenvalue weighted by atomic mass is 16.4. The maximum atomic E-state index is 8.96. The number of hydrogen-bond acceptors (Lipinski definition) is 4. The van der Waals surface area contributed by atoms with Crippen LogP contribution in [0.4, 0.5) is 11.5 Å². The van der Waals surface area contributed by atoms with Gasteiger partial charge in [0.2, 0.25) is 0 Å². The van der Waals surface area contributed by atoms with E-state index in [4.69, 9.17) is 10.9 Å². The van der Waals surface area contributed by atoms with E-state index in [0.29, 0.717) is 11.4 Å². The molecule has 1 aromatic carbocycles. The van der Waals surface area contributed by atoms with Crippen molar-refractivity contribution in [2.75, 3.05) is 11.4 Å². The summed E-state index contributed by atoms with van der Waals surface area (Å²) in [5, 5.41) is 12.1. The van der Waals surface area contributed by atoms with Crippen LogP contribution in [-0.4, -0.2) is 22.6 Å². The first-order chi connectivity index (χ1) is 10.1. The standard InChI is InChI=1S/C16H20N4O/c1-4-20(13-8-5-11(2)6-9-13)16-14(15(17)19-21)10-7-12(3)18-16/h5-10,21H,4H2,1-3H3,(H2,17,19). The van der Waals surface area contributed by atoms with Crippen LogP contribution in [0.1, 0.15) is 23.7 Å². The number of anilines is 2. The predicted molar refractivity (Wildman–Crippen MR) is 85.3 cm³/mol. The van der Waals surface area contributed by atoms with Crippen molar-refractivity contribution >= 4 is 17.3 Å². The summed E-state index contributed by atoms with van der Waals surface area (Å²) in [5.41, 5.74) is 9.49. The number of nitrogens with zero attached hydrogens (tertiary/aromatic N) is 3. The molecule has 0 aliphatic rings. The Balaban J connectivity index is 2.56. The van der Waals surface area contributed by atoms with Crippen LogP contribution in [0.5, 0.6) is 0 Å². The number of nitrogens with two attached hydrogens (primary N) is 1. The average Bonchev–Trinajstić information content (AvgIpc) is 2.49. The molecule has 0 saturated carbocycles. The SMILES string of the molecule is CCN(c1ccc(C)cc1)c1nc(C)ccc1C(N)=NO. The van der Waals surface area contributed by atoms with E-state index < -0.39 is 0 Å². The maximum absolute atomic E-state index is 8.96. The van der Waals surface area contributed by atoms with Crippen molar-refractivity contribution in [2.45, 2.75) is 20.8 Å². The molecule has 0 atom stereocenters. The van der Waals surface area contributed by atoms with Crippen LogP contribution in [0.15, 0.2) is 41.6 Å². The molecule has 2 aromatic rings. The van der Waals surface area contributed by atoms with Crippen LogP contribution in [0.3, 0.4) is 0 Å². The molecule has 21 heavy (non-hydrogen) atoms. The number of pyridine rings is 1. The van der Waals surface area contributed by atoms with Gasteiger partial charge in [-0.25, -0.2) is 4.98 Å². The van der Waals surface area contributed by atoms with Gasteiger partial charge < -0.3 is 15.8 Å². The lowest BCUT2D eigenvalue weighted by Crippen LogP contribution is -2.24. The number of aryl methyl sites for hydroxylation is 2. The number of hydrogen-bond donors (Lipinski definition) is 2. The summed E-state index contributed by atoms with van der Waals surface area (Å²) >= 11 is 0. The summed E-state index contributed by atoms with van der Waals surface area (Å²) in [6.07, 6.45) is 0. The van der Waals surface area contributed by atoms with Crippen molar-refractivity contribution in [1.29, 1.82) is 0 Å². The van der Waals surface area contributed by atoms with Gasteiger partial charge in [-0.05, 0) is 45.0 Å². The molecule has 0 aliphatic carbocycles. The third-order valence-electron chi connectivity index (χ3n) is 3.32. The Labute approximate surface area is 124 Å². The van der Waals surface area contributed by atoms with Crippen LogP contribution in [-0.2, 0) is 0 Å². The fourth-order valence-corrected chi connectivity index (χ4v) is 2.18. The summed E-state index contributed by atoms with van der Waals surface area (Å²) < 4.78 is 0. The van der Waals surface area contributed by atoms with Crippen LogP contribution in [0, 0.1) is 13.8 Å². The van der Waals surface area contributed by atoms with Crippen molar-refractivity contribution in [3.8, 4) is 0 Å². The van der Waals surface area contributed by atoms with Crippen LogP contribution >= 0.6 is 0 Å². The Bertz CT molecular complexity index is 650. The normalized spacial score (nSPS) is 11.5. The predicted octanol–water partition coefficient (Wildman–Crippen LogP) is 2.95. The molecule has 5 heteroatoms. The minimum absolute atomic E-state index is 0.0584. The molecule has 1 heterocycles. The van der Waals surface area contributed by atoms with Gasteiger partial charge in [-0.1, -0.05) is 22.9 Å². The number of benzene rings is 1. The molecule has 110 valence electrons. The Hall–Kier alpha value is -2.56. The van der Waals surface area contributed by atoms with Gasteiger partial charge in [-0.3, -0.25) is 0 Å². The molecule has 0 radical (unpaired) electrons. The molecule has 0 unspecified atom stereocenters. The van der Waals surface area contributed by atoms with Gasteiger partial charge in [0.05, 0.1) is 5.56 Å². The van der Waals surface area contributed by atoms with E-state index in [2.05, 4.69) is 22.3 Å². The zero-order chi connectivity index (χ0) is 15.4. The molecule has 0 fully saturated rings. The molecule has 0 aliphatic heterocycles. The van der Waals surface area contributed by atoms with Crippen LogP contribution in [0.2, 0.25) is 0 Å². The van der Waals surface area contributed by atoms with Crippen molar-refractivity contribution in [2.24, 2.45) is 10.9 Å². The molecule has 1 aromatic heterocycles. The highest BCUT2D eigenvalue weighted by Gasteiger charge is 2.16. The lowest BCUT2D eigenvalue weighted by atomic mass is 10.1. The van der Waals surface area contributed by atoms with Gasteiger partial charge >= 0.3 is 0 Å². The molecular weight excluding hydrogens is 264 g/mol. The molecule has 0 bridgehead atoms. The van der Waals surface area contributed by atoms with Crippen molar-refractivity contribution in [3.05, 3.63) is 53.2 Å². The van der Waals surface area contributed by atoms with Gasteiger partial charge in [0.1, 0.15) is 5.82 Å². The minimum Gasteiger partial charge on any atom is -0.409 e. The zero-order valence-electron chi connectivity index (χ0n) is 12.5. The van der Waals surface area contributed by atoms with Gasteiger partial charge in [0, 0.05) is 17.9 Å². The number of aromatic nitrogens is 1. The van der Waals surface area contributed by atoms with E-state index in [1.165, 1.54) is 5.56 Å². The quantitative estimate of drug-likeness (QED) is 0.392. The fraction of sp³-hybridized carbons (Fsp3) is 0.250. The summed E-state index contributed by atoms with van der Waals surface area (Å²) in [4.78, 5) is 6.61. The second-order valence-electron chi connectivity index (χ2n) is 4.89. The molecule has 0 amide bonds. The van der Waals surface area contributed by atoms with E-state index >= 15 is 0 Å². The highest BCUT2D eigenvalue weighted by molar-refractivity contribution is 6.02. The second kappa shape index (κ2) is 6.26. The topological polar surface area (TPSA) is 74.7 Å². The smallest absolute Gasteiger partial charge is 0.173 e. The average molecular weight is 284 g/mol. The third kappa shape index (κ3) is 3.13. The minimum atomic E-state index is 0.0584. The van der Waals surface area contributed by atoms with Crippen molar-refractivity contribution in [3.63, 3.8) is 0 Å². The van der Waals surface area contributed by atoms with Crippen molar-refractivity contribution in [1.82, 2.24) is 4.98 Å². The van der Waals surface area contributed by atoms with Gasteiger partial charge in [-0.15, -0.1) is 0 Å². The van der Waals surface area contributed by atoms with Crippen molar-refractivity contribution < 1.29 is 5.21 Å². The Morgan fingerprint density at radius 2 is 1.86 bits per heavy atom. The first-order valence-electron chi connectivity index (χ1n) is 6.86. The molecule has 0 saturated heterocycles. The summed E-state index contributed by atoms with van der Waals surface area (Å²) in [5.74, 6) is 0.750. The zero-order valence-corrected chi connectivity index (χ0v) is 12.5. The van der Waals surface area contributed by atoms with E-state index in [1.807, 2.05) is 49.9 Å². The molecule has 3 N–H and O–H groups in total. The molecular formula is C16H20N4O. The number of amidine groups is 1. The molecule has 5 nitrogen and oxygen atoms in total. The van der Waals surface area contributed by atoms with Crippen LogP contribution in [0.25, 0.3) is 0 Å². The van der Waals surface area contributed by atoms with Crippen LogP contribution < -0.4 is 10.6 Å². The summed E-state index contributed by atoms with van der Waals surface area (Å²) in [6.45, 7) is 6.74. The van der Waals surface area contributed by atoms with Gasteiger partial charge in [-0.2, -0.15) is 0 Å². The monoisotopic (exact) mass is 284 g/mol. The number of oxime groups is 1. The van der Waals surface area contributed by atoms with E-state index in [-0.39, 0.29) is 5.84 Å². The Kier molecular flexibility index (Phi) is 4.42. The second-order valence-corrected chi connectivity index (χ2v) is 4.89. The third-order valence-corrected chi connectivity index (χ3v) is 3.32. The Morgan fingerprint density at radius 1 is 1.19 bits per heavy atom. The van der Waals surface area contributed by atoms with E-state index in [1.54, 1.807) is 0 Å². The van der Waals surface area contributed by atoms with Gasteiger partial charge in [0.25, 0.3) is 0 Å². The lowest BCUT2D eigenvalue weighted by molar-refractivity contribution is 0.318. The Morgan fingerprint density at radius 3 is 2.43 bits per heavy atom. The van der Waals surface area contributed by atoms with E-state index in [9.17, 15) is 0 Å². The molecule has 2 rings (SSSR count). The molecule has 0 spiro atoms. The number of rotatable bonds is 4. The largest absolute Gasteiger partial charge is 0.409 e. The summed E-state index contributed by atoms with van der Waals surface area (Å²) in [6, 6.07) is 11.9. The lowest BCUT2D eigenvalue weighted by Gasteiger charge is -2.24. The fourth-order valence-electron chi connectivity index (χ4n) is 2.18. The highest BCUT2D eigenvalue weighted by Crippen LogP contribution is 2.27. The first kappa shape index (κ1) is 14.8. The van der Waals surface area contributed by atoms with Gasteiger partial charge in [0.15, 0.2) is 5.84 Å². The van der Waals surface area contributed by atoms with E-state index in [0.717, 1.165) is 17.9 Å². The maximum Gasteiger partial charge on any atom is 0.173 e. The summed E-state index contributed by atoms with van der Waals surface area (Å²) in [7, 11) is 0.